The molecule has 1 heterocycles. The maximum atomic E-state index is 6.24. The van der Waals surface area contributed by atoms with Crippen molar-refractivity contribution in [3.63, 3.8) is 0 Å². The minimum atomic E-state index is -0.262. The Morgan fingerprint density at radius 3 is 2.94 bits per heavy atom. The summed E-state index contributed by atoms with van der Waals surface area (Å²) in [5, 5.41) is 4.81. The SMILES string of the molecule is CCn1ncc(Cl)c1C(N)c1cccc(Br)c1. The maximum absolute atomic E-state index is 6.24. The van der Waals surface area contributed by atoms with Gasteiger partial charge in [-0.05, 0) is 24.6 Å². The number of nitrogens with two attached hydrogens (primary N) is 1. The fraction of sp³-hybridized carbons (Fsp3) is 0.250. The number of halogens is 2. The number of nitrogens with zero attached hydrogens (tertiary/aromatic N) is 2. The lowest BCUT2D eigenvalue weighted by molar-refractivity contribution is 0.601. The second-order valence-electron chi connectivity index (χ2n) is 3.73. The smallest absolute Gasteiger partial charge is 0.0837 e. The molecule has 0 fully saturated rings. The Morgan fingerprint density at radius 2 is 2.29 bits per heavy atom. The summed E-state index contributed by atoms with van der Waals surface area (Å²) >= 11 is 9.57. The highest BCUT2D eigenvalue weighted by molar-refractivity contribution is 9.10. The van der Waals surface area contributed by atoms with Crippen molar-refractivity contribution in [3.05, 3.63) is 51.2 Å². The van der Waals surface area contributed by atoms with E-state index in [1.165, 1.54) is 0 Å². The van der Waals surface area contributed by atoms with E-state index in [4.69, 9.17) is 17.3 Å². The van der Waals surface area contributed by atoms with Gasteiger partial charge in [0, 0.05) is 11.0 Å². The Balaban J connectivity index is 2.43. The molecule has 1 unspecified atom stereocenters. The van der Waals surface area contributed by atoms with E-state index < -0.39 is 0 Å². The number of hydrogen-bond donors (Lipinski definition) is 1. The van der Waals surface area contributed by atoms with Crippen LogP contribution in [0.15, 0.2) is 34.9 Å². The van der Waals surface area contributed by atoms with Gasteiger partial charge in [0.25, 0.3) is 0 Å². The average Bonchev–Trinajstić information content (AvgIpc) is 2.69. The Hall–Kier alpha value is -0.840. The van der Waals surface area contributed by atoms with Crippen molar-refractivity contribution in [1.82, 2.24) is 9.78 Å². The van der Waals surface area contributed by atoms with Crippen LogP contribution >= 0.6 is 27.5 Å². The van der Waals surface area contributed by atoms with E-state index in [1.54, 1.807) is 6.20 Å². The topological polar surface area (TPSA) is 43.8 Å². The van der Waals surface area contributed by atoms with Gasteiger partial charge in [-0.15, -0.1) is 0 Å². The molecular weight excluding hydrogens is 302 g/mol. The third kappa shape index (κ3) is 2.54. The zero-order chi connectivity index (χ0) is 12.4. The Bertz CT molecular complexity index is 524. The minimum absolute atomic E-state index is 0.262. The van der Waals surface area contributed by atoms with Crippen LogP contribution in [0.2, 0.25) is 5.02 Å². The normalized spacial score (nSPS) is 12.7. The summed E-state index contributed by atoms with van der Waals surface area (Å²) in [5.74, 6) is 0. The summed E-state index contributed by atoms with van der Waals surface area (Å²) in [4.78, 5) is 0. The van der Waals surface area contributed by atoms with Gasteiger partial charge in [0.05, 0.1) is 23.0 Å². The van der Waals surface area contributed by atoms with Crippen LogP contribution in [0.3, 0.4) is 0 Å². The lowest BCUT2D eigenvalue weighted by atomic mass is 10.0. The van der Waals surface area contributed by atoms with Crippen LogP contribution < -0.4 is 5.73 Å². The molecule has 2 N–H and O–H groups in total. The molecule has 0 spiro atoms. The summed E-state index contributed by atoms with van der Waals surface area (Å²) in [6, 6.07) is 7.64. The number of benzene rings is 1. The van der Waals surface area contributed by atoms with Crippen molar-refractivity contribution in [2.24, 2.45) is 5.73 Å². The van der Waals surface area contributed by atoms with Crippen LogP contribution in [-0.4, -0.2) is 9.78 Å². The number of aromatic nitrogens is 2. The van der Waals surface area contributed by atoms with Crippen molar-refractivity contribution in [2.75, 3.05) is 0 Å². The first kappa shape index (κ1) is 12.6. The van der Waals surface area contributed by atoms with Crippen LogP contribution in [0.5, 0.6) is 0 Å². The fourth-order valence-electron chi connectivity index (χ4n) is 1.79. The molecule has 90 valence electrons. The number of aryl methyl sites for hydroxylation is 1. The highest BCUT2D eigenvalue weighted by Gasteiger charge is 2.17. The molecule has 0 radical (unpaired) electrons. The fourth-order valence-corrected chi connectivity index (χ4v) is 2.47. The summed E-state index contributed by atoms with van der Waals surface area (Å²) in [6.07, 6.45) is 1.64. The van der Waals surface area contributed by atoms with Crippen molar-refractivity contribution in [2.45, 2.75) is 19.5 Å². The molecule has 1 atom stereocenters. The first-order chi connectivity index (χ1) is 8.13. The molecule has 1 aromatic carbocycles. The summed E-state index contributed by atoms with van der Waals surface area (Å²) in [7, 11) is 0. The highest BCUT2D eigenvalue weighted by Crippen LogP contribution is 2.27. The molecule has 0 aliphatic rings. The average molecular weight is 315 g/mol. The van der Waals surface area contributed by atoms with Gasteiger partial charge in [0.2, 0.25) is 0 Å². The molecule has 2 rings (SSSR count). The van der Waals surface area contributed by atoms with Crippen LogP contribution in [0.25, 0.3) is 0 Å². The quantitative estimate of drug-likeness (QED) is 0.944. The molecule has 0 saturated heterocycles. The summed E-state index contributed by atoms with van der Waals surface area (Å²) < 4.78 is 2.83. The predicted octanol–water partition coefficient (Wildman–Crippen LogP) is 3.37. The summed E-state index contributed by atoms with van der Waals surface area (Å²) in [5.41, 5.74) is 8.11. The molecule has 3 nitrogen and oxygen atoms in total. The molecule has 2 aromatic rings. The first-order valence-corrected chi connectivity index (χ1v) is 6.52. The van der Waals surface area contributed by atoms with Gasteiger partial charge in [-0.1, -0.05) is 39.7 Å². The van der Waals surface area contributed by atoms with E-state index >= 15 is 0 Å². The van der Waals surface area contributed by atoms with Crippen LogP contribution in [0.4, 0.5) is 0 Å². The van der Waals surface area contributed by atoms with Gasteiger partial charge in [-0.2, -0.15) is 5.10 Å². The Kier molecular flexibility index (Phi) is 3.86. The maximum Gasteiger partial charge on any atom is 0.0837 e. The second-order valence-corrected chi connectivity index (χ2v) is 5.05. The molecule has 17 heavy (non-hydrogen) atoms. The molecule has 0 aliphatic carbocycles. The second kappa shape index (κ2) is 5.21. The van der Waals surface area contributed by atoms with Crippen molar-refractivity contribution >= 4 is 27.5 Å². The van der Waals surface area contributed by atoms with Gasteiger partial charge in [-0.3, -0.25) is 4.68 Å². The van der Waals surface area contributed by atoms with Gasteiger partial charge in [-0.25, -0.2) is 0 Å². The van der Waals surface area contributed by atoms with Gasteiger partial charge >= 0.3 is 0 Å². The Morgan fingerprint density at radius 1 is 1.53 bits per heavy atom. The van der Waals surface area contributed by atoms with E-state index in [9.17, 15) is 0 Å². The van der Waals surface area contributed by atoms with Crippen molar-refractivity contribution < 1.29 is 0 Å². The zero-order valence-corrected chi connectivity index (χ0v) is 11.7. The first-order valence-electron chi connectivity index (χ1n) is 5.35. The largest absolute Gasteiger partial charge is 0.319 e. The minimum Gasteiger partial charge on any atom is -0.319 e. The van der Waals surface area contributed by atoms with Crippen LogP contribution in [0.1, 0.15) is 24.2 Å². The van der Waals surface area contributed by atoms with E-state index in [-0.39, 0.29) is 6.04 Å². The van der Waals surface area contributed by atoms with Gasteiger partial charge < -0.3 is 5.73 Å². The van der Waals surface area contributed by atoms with E-state index in [0.717, 1.165) is 22.3 Å². The molecular formula is C12H13BrClN3. The number of hydrogen-bond acceptors (Lipinski definition) is 2. The molecule has 0 amide bonds. The lowest BCUT2D eigenvalue weighted by Gasteiger charge is -2.14. The van der Waals surface area contributed by atoms with Crippen molar-refractivity contribution in [3.8, 4) is 0 Å². The third-order valence-electron chi connectivity index (χ3n) is 2.64. The standard InChI is InChI=1S/C12H13BrClN3/c1-2-17-12(10(14)7-16-17)11(15)8-4-3-5-9(13)6-8/h3-7,11H,2,15H2,1H3. The molecule has 0 saturated carbocycles. The van der Waals surface area contributed by atoms with Gasteiger partial charge in [0.1, 0.15) is 0 Å². The molecule has 5 heteroatoms. The highest BCUT2D eigenvalue weighted by atomic mass is 79.9. The van der Waals surface area contributed by atoms with E-state index in [1.807, 2.05) is 35.9 Å². The lowest BCUT2D eigenvalue weighted by Crippen LogP contribution is -2.17. The predicted molar refractivity (Wildman–Crippen MR) is 73.1 cm³/mol. The molecule has 1 aromatic heterocycles. The van der Waals surface area contributed by atoms with Gasteiger partial charge in [0.15, 0.2) is 0 Å². The monoisotopic (exact) mass is 313 g/mol. The Labute approximate surface area is 114 Å². The van der Waals surface area contributed by atoms with Crippen LogP contribution in [0, 0.1) is 0 Å². The van der Waals surface area contributed by atoms with Crippen LogP contribution in [-0.2, 0) is 6.54 Å². The van der Waals surface area contributed by atoms with E-state index in [2.05, 4.69) is 21.0 Å². The molecule has 0 bridgehead atoms. The van der Waals surface area contributed by atoms with E-state index in [0.29, 0.717) is 5.02 Å². The zero-order valence-electron chi connectivity index (χ0n) is 9.40. The summed E-state index contributed by atoms with van der Waals surface area (Å²) in [6.45, 7) is 2.77. The third-order valence-corrected chi connectivity index (χ3v) is 3.42. The molecule has 0 aliphatic heterocycles. The van der Waals surface area contributed by atoms with Crippen molar-refractivity contribution in [1.29, 1.82) is 0 Å². The number of rotatable bonds is 3.